The Kier molecular flexibility index (Phi) is 14.5. The van der Waals surface area contributed by atoms with Crippen LogP contribution in [0.1, 0.15) is 85.5 Å². The van der Waals surface area contributed by atoms with Crippen molar-refractivity contribution in [2.24, 2.45) is 5.41 Å². The molecule has 0 aliphatic heterocycles. The number of unbranched alkanes of at least 4 members (excludes halogenated alkanes) is 1. The summed E-state index contributed by atoms with van der Waals surface area (Å²) >= 11 is 0. The molecule has 0 spiro atoms. The predicted octanol–water partition coefficient (Wildman–Crippen LogP) is 7.80. The Labute approximate surface area is 157 Å². The zero-order valence-corrected chi connectivity index (χ0v) is 17.5. The van der Waals surface area contributed by atoms with Crippen LogP contribution in [0.2, 0.25) is 0 Å². The highest BCUT2D eigenvalue weighted by atomic mass is 16.5. The smallest absolute Gasteiger partial charge is 0.0608 e. The van der Waals surface area contributed by atoms with Crippen molar-refractivity contribution in [2.75, 3.05) is 7.11 Å². The summed E-state index contributed by atoms with van der Waals surface area (Å²) < 4.78 is 5.45. The van der Waals surface area contributed by atoms with Crippen LogP contribution in [0.3, 0.4) is 0 Å². The van der Waals surface area contributed by atoms with Crippen LogP contribution < -0.4 is 0 Å². The second kappa shape index (κ2) is 15.2. The number of hydrogen-bond donors (Lipinski definition) is 0. The highest BCUT2D eigenvalue weighted by molar-refractivity contribution is 5.11. The lowest BCUT2D eigenvalue weighted by Gasteiger charge is -2.24. The fourth-order valence-corrected chi connectivity index (χ4v) is 3.31. The van der Waals surface area contributed by atoms with Gasteiger partial charge in [-0.3, -0.25) is 0 Å². The molecule has 0 saturated carbocycles. The van der Waals surface area contributed by atoms with E-state index >= 15 is 0 Å². The first-order chi connectivity index (χ1) is 12.0. The van der Waals surface area contributed by atoms with Gasteiger partial charge in [0.15, 0.2) is 0 Å². The average Bonchev–Trinajstić information content (AvgIpc) is 2.58. The molecule has 0 heterocycles. The number of hydrogen-bond acceptors (Lipinski definition) is 1. The van der Waals surface area contributed by atoms with Crippen LogP contribution in [0.4, 0.5) is 0 Å². The second-order valence-electron chi connectivity index (χ2n) is 7.50. The van der Waals surface area contributed by atoms with Gasteiger partial charge in [0, 0.05) is 7.11 Å². The van der Waals surface area contributed by atoms with E-state index in [4.69, 9.17) is 4.74 Å². The molecule has 1 atom stereocenters. The lowest BCUT2D eigenvalue weighted by Crippen LogP contribution is -2.12. The Morgan fingerprint density at radius 3 is 2.32 bits per heavy atom. The molecule has 0 aliphatic carbocycles. The van der Waals surface area contributed by atoms with E-state index < -0.39 is 0 Å². The first-order valence-corrected chi connectivity index (χ1v) is 10.1. The van der Waals surface area contributed by atoms with Crippen LogP contribution in [-0.4, -0.2) is 13.2 Å². The molecule has 0 fully saturated rings. The van der Waals surface area contributed by atoms with Crippen LogP contribution in [0, 0.1) is 5.41 Å². The van der Waals surface area contributed by atoms with Gasteiger partial charge in [-0.1, -0.05) is 75.6 Å². The summed E-state index contributed by atoms with van der Waals surface area (Å²) in [6.07, 6.45) is 24.3. The van der Waals surface area contributed by atoms with Gasteiger partial charge in [-0.05, 0) is 57.3 Å². The zero-order valence-electron chi connectivity index (χ0n) is 17.5. The summed E-state index contributed by atoms with van der Waals surface area (Å²) in [7, 11) is 1.78. The Hall–Kier alpha value is -1.08. The third-order valence-electron chi connectivity index (χ3n) is 4.80. The Balaban J connectivity index is 4.14. The van der Waals surface area contributed by atoms with Crippen molar-refractivity contribution >= 4 is 0 Å². The minimum absolute atomic E-state index is 0.301. The molecule has 25 heavy (non-hydrogen) atoms. The molecular formula is C24H42O. The monoisotopic (exact) mass is 346 g/mol. The minimum Gasteiger partial charge on any atom is -0.381 e. The van der Waals surface area contributed by atoms with Gasteiger partial charge in [-0.25, -0.2) is 0 Å². The number of methoxy groups -OCH3 is 1. The molecule has 1 nitrogen and oxygen atoms in total. The number of ether oxygens (including phenoxy) is 1. The molecule has 1 heteroatoms. The molecule has 0 saturated heterocycles. The maximum Gasteiger partial charge on any atom is 0.0608 e. The van der Waals surface area contributed by atoms with Crippen molar-refractivity contribution in [1.29, 1.82) is 0 Å². The quantitative estimate of drug-likeness (QED) is 0.167. The SMILES string of the molecule is C=CCC(CCC(C)=CC=CCCC=CC(C)(CCC)CCC)OC. The van der Waals surface area contributed by atoms with Crippen molar-refractivity contribution in [3.63, 3.8) is 0 Å². The van der Waals surface area contributed by atoms with E-state index in [0.717, 1.165) is 32.1 Å². The van der Waals surface area contributed by atoms with E-state index in [9.17, 15) is 0 Å². The van der Waals surface area contributed by atoms with Gasteiger partial charge >= 0.3 is 0 Å². The first-order valence-electron chi connectivity index (χ1n) is 10.1. The van der Waals surface area contributed by atoms with E-state index in [1.54, 1.807) is 7.11 Å². The third kappa shape index (κ3) is 12.9. The van der Waals surface area contributed by atoms with E-state index in [1.165, 1.54) is 31.3 Å². The van der Waals surface area contributed by atoms with Gasteiger partial charge in [-0.2, -0.15) is 0 Å². The molecule has 0 aliphatic rings. The van der Waals surface area contributed by atoms with Crippen molar-refractivity contribution in [1.82, 2.24) is 0 Å². The van der Waals surface area contributed by atoms with Crippen LogP contribution in [0.15, 0.2) is 48.6 Å². The van der Waals surface area contributed by atoms with E-state index in [2.05, 4.69) is 64.7 Å². The van der Waals surface area contributed by atoms with Gasteiger partial charge in [0.2, 0.25) is 0 Å². The topological polar surface area (TPSA) is 9.23 Å². The highest BCUT2D eigenvalue weighted by Gasteiger charge is 2.17. The third-order valence-corrected chi connectivity index (χ3v) is 4.80. The standard InChI is InChI=1S/C24H42O/c1-7-15-23(25-6)18-17-22(4)16-13-11-10-12-14-21-24(5,19-8-2)20-9-3/h7,11,13-14,16,21,23H,1,8-10,12,15,17-20H2,2-6H3. The number of allylic oxidation sites excluding steroid dienone is 6. The summed E-state index contributed by atoms with van der Waals surface area (Å²) in [6.45, 7) is 13.0. The van der Waals surface area contributed by atoms with Gasteiger partial charge in [-0.15, -0.1) is 6.58 Å². The summed E-state index contributed by atoms with van der Waals surface area (Å²) in [5.41, 5.74) is 1.81. The van der Waals surface area contributed by atoms with Crippen molar-refractivity contribution < 1.29 is 4.74 Å². The average molecular weight is 347 g/mol. The fourth-order valence-electron chi connectivity index (χ4n) is 3.31. The molecule has 0 aromatic rings. The fraction of sp³-hybridized carbons (Fsp3) is 0.667. The maximum absolute atomic E-state index is 5.45. The normalized spacial score (nSPS) is 14.5. The van der Waals surface area contributed by atoms with E-state index in [1.807, 2.05) is 6.08 Å². The minimum atomic E-state index is 0.301. The Morgan fingerprint density at radius 1 is 1.12 bits per heavy atom. The van der Waals surface area contributed by atoms with Crippen molar-refractivity contribution in [2.45, 2.75) is 91.6 Å². The number of rotatable bonds is 15. The molecule has 0 rings (SSSR count). The molecule has 0 radical (unpaired) electrons. The molecule has 0 aromatic carbocycles. The van der Waals surface area contributed by atoms with Gasteiger partial charge in [0.1, 0.15) is 0 Å². The lowest BCUT2D eigenvalue weighted by molar-refractivity contribution is 0.0981. The second-order valence-corrected chi connectivity index (χ2v) is 7.50. The lowest BCUT2D eigenvalue weighted by atomic mass is 9.81. The van der Waals surface area contributed by atoms with E-state index in [-0.39, 0.29) is 0 Å². The molecule has 0 bridgehead atoms. The van der Waals surface area contributed by atoms with Gasteiger partial charge in [0.25, 0.3) is 0 Å². The summed E-state index contributed by atoms with van der Waals surface area (Å²) in [5.74, 6) is 0. The molecule has 0 N–H and O–H groups in total. The molecule has 144 valence electrons. The molecular weight excluding hydrogens is 304 g/mol. The summed E-state index contributed by atoms with van der Waals surface area (Å²) in [4.78, 5) is 0. The Bertz CT molecular complexity index is 408. The largest absolute Gasteiger partial charge is 0.381 e. The zero-order chi connectivity index (χ0) is 19.0. The summed E-state index contributed by atoms with van der Waals surface area (Å²) in [6, 6.07) is 0. The molecule has 0 aromatic heterocycles. The van der Waals surface area contributed by atoms with E-state index in [0.29, 0.717) is 11.5 Å². The van der Waals surface area contributed by atoms with Gasteiger partial charge in [0.05, 0.1) is 6.10 Å². The molecule has 0 amide bonds. The van der Waals surface area contributed by atoms with Crippen LogP contribution in [-0.2, 0) is 4.74 Å². The maximum atomic E-state index is 5.45. The highest BCUT2D eigenvalue weighted by Crippen LogP contribution is 2.30. The van der Waals surface area contributed by atoms with Gasteiger partial charge < -0.3 is 4.74 Å². The predicted molar refractivity (Wildman–Crippen MR) is 114 cm³/mol. The first kappa shape index (κ1) is 23.9. The van der Waals surface area contributed by atoms with Crippen molar-refractivity contribution in [3.8, 4) is 0 Å². The summed E-state index contributed by atoms with van der Waals surface area (Å²) in [5, 5.41) is 0. The molecule has 1 unspecified atom stereocenters. The van der Waals surface area contributed by atoms with Crippen molar-refractivity contribution in [3.05, 3.63) is 48.6 Å². The van der Waals surface area contributed by atoms with Crippen LogP contribution in [0.5, 0.6) is 0 Å². The van der Waals surface area contributed by atoms with Crippen LogP contribution in [0.25, 0.3) is 0 Å². The van der Waals surface area contributed by atoms with Crippen LogP contribution >= 0.6 is 0 Å². The Morgan fingerprint density at radius 2 is 1.76 bits per heavy atom.